The molecule has 0 fully saturated rings. The fraction of sp³-hybridized carbons (Fsp3) is 0.364. The molecule has 88 valence electrons. The fourth-order valence-electron chi connectivity index (χ4n) is 1.30. The molecule has 0 spiro atoms. The SMILES string of the molecule is CN(CCCN)C(=O)c1cccc(Cl)c1F. The van der Waals surface area contributed by atoms with Crippen LogP contribution in [0.2, 0.25) is 5.02 Å². The molecule has 5 heteroatoms. The topological polar surface area (TPSA) is 46.3 Å². The van der Waals surface area contributed by atoms with Gasteiger partial charge in [-0.05, 0) is 25.1 Å². The highest BCUT2D eigenvalue weighted by Crippen LogP contribution is 2.18. The summed E-state index contributed by atoms with van der Waals surface area (Å²) in [6.45, 7) is 0.997. The number of carbonyl (C=O) groups is 1. The molecule has 1 rings (SSSR count). The van der Waals surface area contributed by atoms with E-state index in [0.717, 1.165) is 0 Å². The van der Waals surface area contributed by atoms with Gasteiger partial charge in [0.1, 0.15) is 0 Å². The second-order valence-electron chi connectivity index (χ2n) is 3.47. The Balaban J connectivity index is 2.84. The lowest BCUT2D eigenvalue weighted by Gasteiger charge is -2.17. The van der Waals surface area contributed by atoms with Gasteiger partial charge in [-0.2, -0.15) is 0 Å². The predicted octanol–water partition coefficient (Wildman–Crippen LogP) is 1.90. The molecule has 0 aromatic heterocycles. The highest BCUT2D eigenvalue weighted by molar-refractivity contribution is 6.31. The molecule has 1 aromatic carbocycles. The Labute approximate surface area is 99.0 Å². The molecule has 0 saturated carbocycles. The van der Waals surface area contributed by atoms with Crippen LogP contribution in [-0.2, 0) is 0 Å². The van der Waals surface area contributed by atoms with E-state index < -0.39 is 5.82 Å². The second-order valence-corrected chi connectivity index (χ2v) is 3.88. The largest absolute Gasteiger partial charge is 0.342 e. The molecule has 0 unspecified atom stereocenters. The molecule has 0 radical (unpaired) electrons. The molecule has 2 N–H and O–H groups in total. The molecule has 16 heavy (non-hydrogen) atoms. The Morgan fingerprint density at radius 3 is 2.88 bits per heavy atom. The average molecular weight is 245 g/mol. The molecule has 1 amide bonds. The van der Waals surface area contributed by atoms with Crippen LogP contribution in [0.25, 0.3) is 0 Å². The number of rotatable bonds is 4. The fourth-order valence-corrected chi connectivity index (χ4v) is 1.48. The second kappa shape index (κ2) is 5.82. The molecule has 0 heterocycles. The van der Waals surface area contributed by atoms with Crippen LogP contribution in [0.1, 0.15) is 16.8 Å². The number of carbonyl (C=O) groups excluding carboxylic acids is 1. The summed E-state index contributed by atoms with van der Waals surface area (Å²) in [5.74, 6) is -1.05. The van der Waals surface area contributed by atoms with Crippen molar-refractivity contribution in [3.63, 3.8) is 0 Å². The molecule has 0 atom stereocenters. The zero-order valence-electron chi connectivity index (χ0n) is 9.04. The van der Waals surface area contributed by atoms with Gasteiger partial charge in [-0.25, -0.2) is 4.39 Å². The first kappa shape index (κ1) is 12.9. The third-order valence-corrected chi connectivity index (χ3v) is 2.52. The van der Waals surface area contributed by atoms with E-state index in [1.165, 1.54) is 17.0 Å². The Morgan fingerprint density at radius 2 is 2.25 bits per heavy atom. The van der Waals surface area contributed by atoms with Crippen LogP contribution in [0.3, 0.4) is 0 Å². The van der Waals surface area contributed by atoms with Gasteiger partial charge in [-0.15, -0.1) is 0 Å². The van der Waals surface area contributed by atoms with Crippen molar-refractivity contribution < 1.29 is 9.18 Å². The summed E-state index contributed by atoms with van der Waals surface area (Å²) in [5.41, 5.74) is 5.33. The number of hydrogen-bond acceptors (Lipinski definition) is 2. The summed E-state index contributed by atoms with van der Waals surface area (Å²) < 4.78 is 13.5. The number of nitrogens with zero attached hydrogens (tertiary/aromatic N) is 1. The first-order valence-electron chi connectivity index (χ1n) is 4.97. The molecular formula is C11H14ClFN2O. The molecular weight excluding hydrogens is 231 g/mol. The van der Waals surface area contributed by atoms with E-state index in [-0.39, 0.29) is 16.5 Å². The Bertz CT molecular complexity index is 384. The number of amides is 1. The average Bonchev–Trinajstić information content (AvgIpc) is 2.28. The van der Waals surface area contributed by atoms with Gasteiger partial charge in [0.2, 0.25) is 0 Å². The van der Waals surface area contributed by atoms with E-state index in [1.54, 1.807) is 13.1 Å². The summed E-state index contributed by atoms with van der Waals surface area (Å²) in [6, 6.07) is 4.38. The van der Waals surface area contributed by atoms with E-state index in [1.807, 2.05) is 0 Å². The van der Waals surface area contributed by atoms with Gasteiger partial charge in [0.25, 0.3) is 5.91 Å². The third-order valence-electron chi connectivity index (χ3n) is 2.23. The molecule has 0 aliphatic heterocycles. The quantitative estimate of drug-likeness (QED) is 0.879. The van der Waals surface area contributed by atoms with Crippen LogP contribution in [-0.4, -0.2) is 30.9 Å². The minimum absolute atomic E-state index is 0.00739. The normalized spacial score (nSPS) is 10.2. The first-order valence-corrected chi connectivity index (χ1v) is 5.35. The zero-order valence-corrected chi connectivity index (χ0v) is 9.80. The Hall–Kier alpha value is -1.13. The van der Waals surface area contributed by atoms with Crippen LogP contribution in [0.15, 0.2) is 18.2 Å². The van der Waals surface area contributed by atoms with Crippen molar-refractivity contribution in [2.75, 3.05) is 20.1 Å². The van der Waals surface area contributed by atoms with E-state index in [4.69, 9.17) is 17.3 Å². The first-order chi connectivity index (χ1) is 7.57. The number of nitrogens with two attached hydrogens (primary N) is 1. The molecule has 0 bridgehead atoms. The molecule has 0 saturated heterocycles. The van der Waals surface area contributed by atoms with Gasteiger partial charge in [0.05, 0.1) is 10.6 Å². The lowest BCUT2D eigenvalue weighted by atomic mass is 10.2. The Kier molecular flexibility index (Phi) is 4.71. The molecule has 0 aliphatic rings. The highest BCUT2D eigenvalue weighted by Gasteiger charge is 2.17. The summed E-state index contributed by atoms with van der Waals surface area (Å²) in [7, 11) is 1.61. The number of benzene rings is 1. The van der Waals surface area contributed by atoms with Crippen LogP contribution < -0.4 is 5.73 Å². The number of hydrogen-bond donors (Lipinski definition) is 1. The van der Waals surface area contributed by atoms with Crippen molar-refractivity contribution in [1.82, 2.24) is 4.90 Å². The van der Waals surface area contributed by atoms with Crippen molar-refractivity contribution in [2.24, 2.45) is 5.73 Å². The lowest BCUT2D eigenvalue weighted by molar-refractivity contribution is 0.0790. The van der Waals surface area contributed by atoms with Crippen LogP contribution in [0.4, 0.5) is 4.39 Å². The van der Waals surface area contributed by atoms with Gasteiger partial charge in [0, 0.05) is 13.6 Å². The molecule has 0 aliphatic carbocycles. The summed E-state index contributed by atoms with van der Waals surface area (Å²) >= 11 is 5.60. The van der Waals surface area contributed by atoms with E-state index >= 15 is 0 Å². The third kappa shape index (κ3) is 2.93. The molecule has 3 nitrogen and oxygen atoms in total. The Morgan fingerprint density at radius 1 is 1.56 bits per heavy atom. The minimum atomic E-state index is -0.672. The van der Waals surface area contributed by atoms with Gasteiger partial charge < -0.3 is 10.6 Å². The van der Waals surface area contributed by atoms with E-state index in [9.17, 15) is 9.18 Å². The number of halogens is 2. The van der Waals surface area contributed by atoms with Crippen molar-refractivity contribution in [2.45, 2.75) is 6.42 Å². The van der Waals surface area contributed by atoms with Crippen LogP contribution >= 0.6 is 11.6 Å². The van der Waals surface area contributed by atoms with Crippen molar-refractivity contribution in [1.29, 1.82) is 0 Å². The van der Waals surface area contributed by atoms with E-state index in [2.05, 4.69) is 0 Å². The minimum Gasteiger partial charge on any atom is -0.342 e. The lowest BCUT2D eigenvalue weighted by Crippen LogP contribution is -2.29. The van der Waals surface area contributed by atoms with Crippen molar-refractivity contribution >= 4 is 17.5 Å². The maximum Gasteiger partial charge on any atom is 0.256 e. The van der Waals surface area contributed by atoms with Crippen molar-refractivity contribution in [3.8, 4) is 0 Å². The van der Waals surface area contributed by atoms with Crippen LogP contribution in [0, 0.1) is 5.82 Å². The summed E-state index contributed by atoms with van der Waals surface area (Å²) in [5, 5.41) is -0.0434. The zero-order chi connectivity index (χ0) is 12.1. The van der Waals surface area contributed by atoms with Gasteiger partial charge in [-0.3, -0.25) is 4.79 Å². The monoisotopic (exact) mass is 244 g/mol. The van der Waals surface area contributed by atoms with Gasteiger partial charge in [0.15, 0.2) is 5.82 Å². The summed E-state index contributed by atoms with van der Waals surface area (Å²) in [4.78, 5) is 13.2. The smallest absolute Gasteiger partial charge is 0.256 e. The van der Waals surface area contributed by atoms with E-state index in [0.29, 0.717) is 19.5 Å². The van der Waals surface area contributed by atoms with Gasteiger partial charge in [-0.1, -0.05) is 17.7 Å². The maximum atomic E-state index is 13.5. The predicted molar refractivity (Wildman–Crippen MR) is 62.0 cm³/mol. The van der Waals surface area contributed by atoms with Gasteiger partial charge >= 0.3 is 0 Å². The summed E-state index contributed by atoms with van der Waals surface area (Å²) in [6.07, 6.45) is 0.685. The standard InChI is InChI=1S/C11H14ClFN2O/c1-15(7-3-6-14)11(16)8-4-2-5-9(12)10(8)13/h2,4-5H,3,6-7,14H2,1H3. The van der Waals surface area contributed by atoms with Crippen LogP contribution in [0.5, 0.6) is 0 Å². The van der Waals surface area contributed by atoms with Crippen molar-refractivity contribution in [3.05, 3.63) is 34.6 Å². The maximum absolute atomic E-state index is 13.5. The molecule has 1 aromatic rings. The highest BCUT2D eigenvalue weighted by atomic mass is 35.5.